The van der Waals surface area contributed by atoms with Crippen molar-refractivity contribution in [2.24, 2.45) is 0 Å². The van der Waals surface area contributed by atoms with Gasteiger partial charge in [-0.3, -0.25) is 4.79 Å². The quantitative estimate of drug-likeness (QED) is 0.300. The number of carbonyl (C=O) groups excluding carboxylic acids is 4. The molecule has 0 N–H and O–H groups in total. The third kappa shape index (κ3) is 5.70. The molecule has 0 spiro atoms. The van der Waals surface area contributed by atoms with Crippen molar-refractivity contribution in [3.8, 4) is 0 Å². The van der Waals surface area contributed by atoms with E-state index in [1.807, 2.05) is 0 Å². The van der Waals surface area contributed by atoms with Crippen molar-refractivity contribution in [3.05, 3.63) is 108 Å². The van der Waals surface area contributed by atoms with Crippen molar-refractivity contribution in [2.45, 2.75) is 42.2 Å². The van der Waals surface area contributed by atoms with E-state index in [9.17, 15) is 27.6 Å². The smallest absolute Gasteiger partial charge is 0.338 e. The molecular weight excluding hydrogens is 556 g/mol. The van der Waals surface area contributed by atoms with E-state index in [0.29, 0.717) is 0 Å². The van der Waals surface area contributed by atoms with E-state index in [1.165, 1.54) is 36.4 Å². The van der Waals surface area contributed by atoms with Gasteiger partial charge >= 0.3 is 23.9 Å². The summed E-state index contributed by atoms with van der Waals surface area (Å²) in [6, 6.07) is 23.2. The summed E-state index contributed by atoms with van der Waals surface area (Å²) in [6.45, 7) is 1.00. The molecule has 0 saturated carbocycles. The zero-order valence-corrected chi connectivity index (χ0v) is 22.3. The summed E-state index contributed by atoms with van der Waals surface area (Å²) in [5.74, 6) is -3.70. The summed E-state index contributed by atoms with van der Waals surface area (Å²) in [7, 11) is -4.53. The molecule has 3 aromatic rings. The fourth-order valence-corrected chi connectivity index (χ4v) is 6.62. The Morgan fingerprint density at radius 3 is 1.39 bits per heavy atom. The molecule has 0 aromatic heterocycles. The normalized spacial score (nSPS) is 25.9. The van der Waals surface area contributed by atoms with Gasteiger partial charge in [0.1, 0.15) is 0 Å². The van der Waals surface area contributed by atoms with Gasteiger partial charge < -0.3 is 23.7 Å². The number of hydrogen-bond acceptors (Lipinski definition) is 11. The number of fused-ring (bicyclic) bond motifs is 2. The standard InChI is InChI=1S/C29H24O11S/c1-17(30)36-28-24-22(38-26(32)19-13-7-3-8-14-19)21(37-25(31)18-11-5-2-6-12-18)23(29(40-24)41(28,34)35)39-27(33)20-15-9-4-10-16-20/h2-16,21-24,28-29H,1H3/t21-,22-,23+,24-,28+,29-/m0/s1. The Morgan fingerprint density at radius 1 is 0.585 bits per heavy atom. The summed E-state index contributed by atoms with van der Waals surface area (Å²) < 4.78 is 55.0. The molecule has 12 heteroatoms. The van der Waals surface area contributed by atoms with E-state index >= 15 is 0 Å². The van der Waals surface area contributed by atoms with Gasteiger partial charge in [0, 0.05) is 6.92 Å². The molecule has 41 heavy (non-hydrogen) atoms. The van der Waals surface area contributed by atoms with Crippen LogP contribution >= 0.6 is 0 Å². The van der Waals surface area contributed by atoms with Crippen molar-refractivity contribution >= 4 is 33.7 Å². The van der Waals surface area contributed by atoms with Crippen LogP contribution in [0.2, 0.25) is 0 Å². The number of esters is 4. The summed E-state index contributed by atoms with van der Waals surface area (Å²) in [4.78, 5) is 51.3. The van der Waals surface area contributed by atoms with Crippen LogP contribution in [0.3, 0.4) is 0 Å². The molecule has 2 aliphatic heterocycles. The summed E-state index contributed by atoms with van der Waals surface area (Å²) in [5.41, 5.74) is -3.55. The molecule has 11 nitrogen and oxygen atoms in total. The molecule has 2 aliphatic rings. The zero-order chi connectivity index (χ0) is 29.1. The highest BCUT2D eigenvalue weighted by atomic mass is 32.2. The predicted molar refractivity (Wildman–Crippen MR) is 140 cm³/mol. The Hall–Kier alpha value is -4.55. The lowest BCUT2D eigenvalue weighted by atomic mass is 9.99. The molecule has 0 unspecified atom stereocenters. The third-order valence-corrected chi connectivity index (χ3v) is 8.53. The maximum Gasteiger partial charge on any atom is 0.338 e. The van der Waals surface area contributed by atoms with Crippen molar-refractivity contribution in [1.29, 1.82) is 0 Å². The maximum atomic E-state index is 13.6. The molecule has 6 atom stereocenters. The fourth-order valence-electron chi connectivity index (χ4n) is 4.63. The number of benzene rings is 3. The van der Waals surface area contributed by atoms with E-state index in [4.69, 9.17) is 23.7 Å². The van der Waals surface area contributed by atoms with Gasteiger partial charge in [-0.25, -0.2) is 22.8 Å². The Morgan fingerprint density at radius 2 is 0.976 bits per heavy atom. The molecule has 2 heterocycles. The van der Waals surface area contributed by atoms with E-state index in [-0.39, 0.29) is 16.7 Å². The van der Waals surface area contributed by atoms with E-state index < -0.39 is 69.0 Å². The van der Waals surface area contributed by atoms with Crippen LogP contribution in [0.15, 0.2) is 91.0 Å². The monoisotopic (exact) mass is 580 g/mol. The van der Waals surface area contributed by atoms with Crippen LogP contribution in [0.4, 0.5) is 0 Å². The van der Waals surface area contributed by atoms with Gasteiger partial charge in [0.05, 0.1) is 16.7 Å². The molecule has 0 amide bonds. The van der Waals surface area contributed by atoms with Gasteiger partial charge in [-0.2, -0.15) is 0 Å². The summed E-state index contributed by atoms with van der Waals surface area (Å²) in [5, 5.41) is 0. The first-order chi connectivity index (χ1) is 19.7. The van der Waals surface area contributed by atoms with Crippen LogP contribution in [-0.4, -0.2) is 67.6 Å². The largest absolute Gasteiger partial charge is 0.452 e. The highest BCUT2D eigenvalue weighted by Crippen LogP contribution is 2.42. The van der Waals surface area contributed by atoms with Gasteiger partial charge in [-0.15, -0.1) is 0 Å². The van der Waals surface area contributed by atoms with Crippen LogP contribution < -0.4 is 0 Å². The van der Waals surface area contributed by atoms with Crippen LogP contribution in [0.5, 0.6) is 0 Å². The minimum Gasteiger partial charge on any atom is -0.452 e. The zero-order valence-electron chi connectivity index (χ0n) is 21.5. The first-order valence-electron chi connectivity index (χ1n) is 12.5. The SMILES string of the molecule is CC(=O)O[C@H]1[C@H]2O[C@H]([C@H](OC(=O)c3ccccc3)[C@@H](OC(=O)c3ccccc3)[C@@H]2OC(=O)c2ccccc2)S1(=O)=O. The summed E-state index contributed by atoms with van der Waals surface area (Å²) >= 11 is 0. The second kappa shape index (κ2) is 11.5. The van der Waals surface area contributed by atoms with Gasteiger partial charge in [0.25, 0.3) is 0 Å². The van der Waals surface area contributed by atoms with Gasteiger partial charge in [-0.1, -0.05) is 54.6 Å². The molecule has 2 fully saturated rings. The average molecular weight is 581 g/mol. The average Bonchev–Trinajstić information content (AvgIpc) is 3.20. The first-order valence-corrected chi connectivity index (χ1v) is 14.1. The topological polar surface area (TPSA) is 149 Å². The molecule has 5 rings (SSSR count). The van der Waals surface area contributed by atoms with Gasteiger partial charge in [0.2, 0.25) is 20.7 Å². The predicted octanol–water partition coefficient (Wildman–Crippen LogP) is 2.71. The Balaban J connectivity index is 1.58. The van der Waals surface area contributed by atoms with Gasteiger partial charge in [0.15, 0.2) is 24.4 Å². The summed E-state index contributed by atoms with van der Waals surface area (Å²) in [6.07, 6.45) is -6.73. The van der Waals surface area contributed by atoms with Crippen molar-refractivity contribution < 1.29 is 51.3 Å². The minimum atomic E-state index is -4.53. The molecular formula is C29H24O11S. The number of ether oxygens (including phenoxy) is 5. The number of carbonyl (C=O) groups is 4. The fraction of sp³-hybridized carbons (Fsp3) is 0.241. The van der Waals surface area contributed by atoms with Crippen LogP contribution in [0.25, 0.3) is 0 Å². The Bertz CT molecular complexity index is 1540. The molecule has 2 saturated heterocycles. The third-order valence-electron chi connectivity index (χ3n) is 6.49. The highest BCUT2D eigenvalue weighted by Gasteiger charge is 2.68. The molecule has 212 valence electrons. The van der Waals surface area contributed by atoms with E-state index in [1.54, 1.807) is 54.6 Å². The molecule has 3 aromatic carbocycles. The van der Waals surface area contributed by atoms with Crippen molar-refractivity contribution in [3.63, 3.8) is 0 Å². The van der Waals surface area contributed by atoms with E-state index in [2.05, 4.69) is 0 Å². The van der Waals surface area contributed by atoms with Crippen molar-refractivity contribution in [2.75, 3.05) is 0 Å². The second-order valence-corrected chi connectivity index (χ2v) is 11.4. The maximum absolute atomic E-state index is 13.6. The van der Waals surface area contributed by atoms with E-state index in [0.717, 1.165) is 6.92 Å². The van der Waals surface area contributed by atoms with Gasteiger partial charge in [-0.05, 0) is 36.4 Å². The molecule has 0 radical (unpaired) electrons. The van der Waals surface area contributed by atoms with Crippen molar-refractivity contribution in [1.82, 2.24) is 0 Å². The molecule has 0 aliphatic carbocycles. The lowest BCUT2D eigenvalue weighted by Gasteiger charge is -2.39. The Labute approximate surface area is 234 Å². The lowest BCUT2D eigenvalue weighted by Crippen LogP contribution is -2.59. The van der Waals surface area contributed by atoms with Crippen LogP contribution in [-0.2, 0) is 38.3 Å². The lowest BCUT2D eigenvalue weighted by molar-refractivity contribution is -0.204. The minimum absolute atomic E-state index is 0.0764. The Kier molecular flexibility index (Phi) is 7.86. The number of rotatable bonds is 7. The van der Waals surface area contributed by atoms with Crippen LogP contribution in [0.1, 0.15) is 38.0 Å². The first kappa shape index (κ1) is 28.0. The number of sulfone groups is 1. The molecule has 2 bridgehead atoms. The second-order valence-electron chi connectivity index (χ2n) is 9.24. The number of hydrogen-bond donors (Lipinski definition) is 0. The highest BCUT2D eigenvalue weighted by molar-refractivity contribution is 7.92. The van der Waals surface area contributed by atoms with Crippen LogP contribution in [0, 0.1) is 0 Å².